The number of carboxylic acids is 1. The summed E-state index contributed by atoms with van der Waals surface area (Å²) >= 11 is 0. The molecule has 10 heteroatoms. The molecule has 0 spiro atoms. The number of carbonyl (C=O) groups is 2. The predicted octanol–water partition coefficient (Wildman–Crippen LogP) is 11.5. The first kappa shape index (κ1) is 50.9. The van der Waals surface area contributed by atoms with Crippen LogP contribution < -0.4 is 4.74 Å². The number of rotatable bonds is 38. The van der Waals surface area contributed by atoms with Gasteiger partial charge in [-0.15, -0.1) is 0 Å². The lowest BCUT2D eigenvalue weighted by molar-refractivity contribution is -0.318. The Labute approximate surface area is 346 Å². The van der Waals surface area contributed by atoms with Crippen LogP contribution in [0.3, 0.4) is 0 Å². The van der Waals surface area contributed by atoms with Gasteiger partial charge in [0.1, 0.15) is 36.8 Å². The van der Waals surface area contributed by atoms with Crippen molar-refractivity contribution in [3.8, 4) is 5.75 Å². The number of methoxy groups -OCH3 is 2. The average molecular weight is 807 g/mol. The highest BCUT2D eigenvalue weighted by Gasteiger charge is 2.49. The molecule has 1 saturated heterocycles. The Morgan fingerprint density at radius 1 is 0.579 bits per heavy atom. The summed E-state index contributed by atoms with van der Waals surface area (Å²) in [6.45, 7) is 5.74. The molecule has 0 bridgehead atoms. The summed E-state index contributed by atoms with van der Waals surface area (Å²) in [5.74, 6) is -0.910. The number of benzene rings is 1. The molecule has 10 nitrogen and oxygen atoms in total. The molecule has 1 aromatic carbocycles. The molecular formula is C47H82O10. The summed E-state index contributed by atoms with van der Waals surface area (Å²) in [6.07, 6.45) is 26.5. The Bertz CT molecular complexity index is 1100. The van der Waals surface area contributed by atoms with Gasteiger partial charge in [-0.05, 0) is 30.5 Å². The van der Waals surface area contributed by atoms with Gasteiger partial charge in [0.2, 0.25) is 0 Å². The third-order valence-corrected chi connectivity index (χ3v) is 11.0. The minimum Gasteiger partial charge on any atom is -0.497 e. The van der Waals surface area contributed by atoms with Crippen molar-refractivity contribution in [1.29, 1.82) is 0 Å². The zero-order chi connectivity index (χ0) is 41.2. The minimum absolute atomic E-state index is 0.129. The normalized spacial score (nSPS) is 19.5. The lowest BCUT2D eigenvalue weighted by Crippen LogP contribution is -2.62. The predicted molar refractivity (Wildman–Crippen MR) is 227 cm³/mol. The first-order valence-electron chi connectivity index (χ1n) is 23.0. The third kappa shape index (κ3) is 24.4. The van der Waals surface area contributed by atoms with E-state index in [1.165, 1.54) is 128 Å². The van der Waals surface area contributed by atoms with Crippen molar-refractivity contribution < 1.29 is 47.9 Å². The zero-order valence-electron chi connectivity index (χ0n) is 36.5. The van der Waals surface area contributed by atoms with Crippen molar-refractivity contribution in [2.75, 3.05) is 34.0 Å². The Kier molecular flexibility index (Phi) is 30.9. The van der Waals surface area contributed by atoms with Crippen LogP contribution in [0.1, 0.15) is 186 Å². The Morgan fingerprint density at radius 2 is 1.04 bits per heavy atom. The highest BCUT2D eigenvalue weighted by molar-refractivity contribution is 5.76. The van der Waals surface area contributed by atoms with E-state index in [1.807, 2.05) is 24.3 Å². The van der Waals surface area contributed by atoms with Crippen molar-refractivity contribution in [1.82, 2.24) is 0 Å². The molecule has 0 radical (unpaired) electrons. The molecule has 5 atom stereocenters. The van der Waals surface area contributed by atoms with E-state index < -0.39 is 42.6 Å². The fourth-order valence-corrected chi connectivity index (χ4v) is 7.46. The summed E-state index contributed by atoms with van der Waals surface area (Å²) in [6, 6.07) is 7.68. The number of ether oxygens (including phenoxy) is 7. The van der Waals surface area contributed by atoms with Crippen molar-refractivity contribution in [3.05, 3.63) is 29.8 Å². The van der Waals surface area contributed by atoms with Gasteiger partial charge in [-0.1, -0.05) is 167 Å². The second-order valence-electron chi connectivity index (χ2n) is 15.9. The van der Waals surface area contributed by atoms with Crippen molar-refractivity contribution in [2.24, 2.45) is 0 Å². The van der Waals surface area contributed by atoms with Crippen LogP contribution in [-0.2, 0) is 44.6 Å². The number of hydrogen-bond donors (Lipinski definition) is 1. The molecule has 2 rings (SSSR count). The molecule has 330 valence electrons. The highest BCUT2D eigenvalue weighted by Crippen LogP contribution is 2.31. The number of aliphatic carboxylic acids is 1. The summed E-state index contributed by atoms with van der Waals surface area (Å²) in [7, 11) is 3.22. The monoisotopic (exact) mass is 807 g/mol. The topological polar surface area (TPSA) is 119 Å². The summed E-state index contributed by atoms with van der Waals surface area (Å²) in [5.41, 5.74) is 0.940. The van der Waals surface area contributed by atoms with Crippen molar-refractivity contribution in [3.63, 3.8) is 0 Å². The van der Waals surface area contributed by atoms with Crippen LogP contribution >= 0.6 is 0 Å². The first-order chi connectivity index (χ1) is 27.9. The van der Waals surface area contributed by atoms with Gasteiger partial charge < -0.3 is 38.3 Å². The minimum atomic E-state index is -1.06. The Morgan fingerprint density at radius 3 is 1.47 bits per heavy atom. The smallest absolute Gasteiger partial charge is 0.306 e. The lowest BCUT2D eigenvalue weighted by Gasteiger charge is -2.45. The maximum atomic E-state index is 12.5. The van der Waals surface area contributed by atoms with Crippen LogP contribution in [0.5, 0.6) is 5.75 Å². The van der Waals surface area contributed by atoms with E-state index >= 15 is 0 Å². The van der Waals surface area contributed by atoms with E-state index in [2.05, 4.69) is 13.8 Å². The number of carbonyl (C=O) groups excluding carboxylic acids is 1. The fourth-order valence-electron chi connectivity index (χ4n) is 7.46. The molecule has 1 N–H and O–H groups in total. The van der Waals surface area contributed by atoms with Crippen LogP contribution in [0.2, 0.25) is 0 Å². The van der Waals surface area contributed by atoms with Crippen LogP contribution in [0.4, 0.5) is 0 Å². The third-order valence-electron chi connectivity index (χ3n) is 11.0. The molecule has 0 saturated carbocycles. The van der Waals surface area contributed by atoms with E-state index in [9.17, 15) is 9.59 Å². The highest BCUT2D eigenvalue weighted by atomic mass is 16.7. The molecule has 57 heavy (non-hydrogen) atoms. The summed E-state index contributed by atoms with van der Waals surface area (Å²) in [4.78, 5) is 23.6. The molecule has 1 heterocycles. The standard InChI is InChI=1S/C47H82O10/c1-5-7-9-11-13-15-17-19-21-23-25-27-35-53-45-44(56-37-39-29-31-40(51-3)32-30-39)41(38-55-43(50)34-33-42(48)49)57-47(52-4)46(45)54-36-28-26-24-22-20-18-16-14-12-10-8-6-2/h29-32,41,44-47H,5-28,33-38H2,1-4H3,(H,48,49)/t41-,44-,45+,46-,47+/m1/s1. The van der Waals surface area contributed by atoms with Gasteiger partial charge in [0.15, 0.2) is 6.29 Å². The number of carboxylic acid groups (broad SMARTS) is 1. The maximum absolute atomic E-state index is 12.5. The summed E-state index contributed by atoms with van der Waals surface area (Å²) in [5, 5.41) is 9.07. The van der Waals surface area contributed by atoms with E-state index in [1.54, 1.807) is 14.2 Å². The van der Waals surface area contributed by atoms with Crippen molar-refractivity contribution >= 4 is 11.9 Å². The van der Waals surface area contributed by atoms with Gasteiger partial charge in [-0.2, -0.15) is 0 Å². The molecule has 1 aromatic rings. The van der Waals surface area contributed by atoms with Gasteiger partial charge in [0, 0.05) is 20.3 Å². The molecule has 1 fully saturated rings. The van der Waals surface area contributed by atoms with Crippen LogP contribution in [0.15, 0.2) is 24.3 Å². The molecule has 1 aliphatic heterocycles. The molecule has 0 unspecified atom stereocenters. The van der Waals surface area contributed by atoms with Crippen molar-refractivity contribution in [2.45, 2.75) is 218 Å². The van der Waals surface area contributed by atoms with Gasteiger partial charge in [-0.3, -0.25) is 9.59 Å². The van der Waals surface area contributed by atoms with E-state index in [0.717, 1.165) is 37.0 Å². The molecule has 0 aliphatic carbocycles. The molecule has 0 amide bonds. The number of hydrogen-bond acceptors (Lipinski definition) is 9. The number of unbranched alkanes of at least 4 members (excludes halogenated alkanes) is 22. The van der Waals surface area contributed by atoms with Crippen LogP contribution in [0.25, 0.3) is 0 Å². The Hall–Kier alpha value is -2.24. The second-order valence-corrected chi connectivity index (χ2v) is 15.9. The first-order valence-corrected chi connectivity index (χ1v) is 23.0. The van der Waals surface area contributed by atoms with E-state index in [-0.39, 0.29) is 26.1 Å². The van der Waals surface area contributed by atoms with Crippen LogP contribution in [-0.4, -0.2) is 81.8 Å². The second kappa shape index (κ2) is 34.6. The number of esters is 1. The maximum Gasteiger partial charge on any atom is 0.306 e. The van der Waals surface area contributed by atoms with Crippen LogP contribution in [0, 0.1) is 0 Å². The fraction of sp³-hybridized carbons (Fsp3) is 0.830. The van der Waals surface area contributed by atoms with Gasteiger partial charge in [0.05, 0.1) is 26.6 Å². The van der Waals surface area contributed by atoms with E-state index in [0.29, 0.717) is 13.2 Å². The quantitative estimate of drug-likeness (QED) is 0.0511. The molecular weight excluding hydrogens is 725 g/mol. The molecule has 0 aromatic heterocycles. The zero-order valence-corrected chi connectivity index (χ0v) is 36.5. The Balaban J connectivity index is 2.03. The van der Waals surface area contributed by atoms with Gasteiger partial charge in [-0.25, -0.2) is 0 Å². The summed E-state index contributed by atoms with van der Waals surface area (Å²) < 4.78 is 43.0. The van der Waals surface area contributed by atoms with E-state index in [4.69, 9.17) is 38.3 Å². The van der Waals surface area contributed by atoms with Gasteiger partial charge in [0.25, 0.3) is 0 Å². The SMILES string of the molecule is CCCCCCCCCCCCCCO[C@@H]1[C@@H](OCCCCCCCCCCCCCC)[C@@H](OC)O[C@H](COC(=O)CCC(=O)O)[C@H]1OCc1ccc(OC)cc1. The largest absolute Gasteiger partial charge is 0.497 e. The molecule has 1 aliphatic rings. The lowest BCUT2D eigenvalue weighted by atomic mass is 9.98. The average Bonchev–Trinajstić information content (AvgIpc) is 3.22. The van der Waals surface area contributed by atoms with Gasteiger partial charge >= 0.3 is 11.9 Å².